The summed E-state index contributed by atoms with van der Waals surface area (Å²) in [6.45, 7) is 2.69. The van der Waals surface area contributed by atoms with Gasteiger partial charge in [0, 0.05) is 13.1 Å². The smallest absolute Gasteiger partial charge is 0.354 e. The summed E-state index contributed by atoms with van der Waals surface area (Å²) in [5.41, 5.74) is 0. The van der Waals surface area contributed by atoms with E-state index in [1.807, 2.05) is 0 Å². The van der Waals surface area contributed by atoms with Crippen molar-refractivity contribution in [3.05, 3.63) is 0 Å². The molecule has 2 fully saturated rings. The molecule has 0 aromatic carbocycles. The molecular weight excluding hydrogens is 269 g/mol. The van der Waals surface area contributed by atoms with Crippen molar-refractivity contribution in [2.75, 3.05) is 13.1 Å². The van der Waals surface area contributed by atoms with Gasteiger partial charge < -0.3 is 10.6 Å². The van der Waals surface area contributed by atoms with Crippen molar-refractivity contribution in [1.82, 2.24) is 10.6 Å². The van der Waals surface area contributed by atoms with E-state index in [1.165, 1.54) is 12.8 Å². The fourth-order valence-electron chi connectivity index (χ4n) is 3.24. The van der Waals surface area contributed by atoms with Crippen molar-refractivity contribution in [3.63, 3.8) is 0 Å². The Morgan fingerprint density at radius 3 is 2.50 bits per heavy atom. The highest BCUT2D eigenvalue weighted by atomic mass is 19.4. The number of rotatable bonds is 3. The second-order valence-electron chi connectivity index (χ2n) is 6.19. The Morgan fingerprint density at radius 1 is 1.25 bits per heavy atom. The van der Waals surface area contributed by atoms with E-state index in [1.54, 1.807) is 0 Å². The summed E-state index contributed by atoms with van der Waals surface area (Å²) in [6, 6.07) is -0.467. The molecule has 1 aliphatic heterocycles. The van der Waals surface area contributed by atoms with E-state index in [0.717, 1.165) is 6.42 Å². The molecule has 3 nitrogen and oxygen atoms in total. The highest BCUT2D eigenvalue weighted by Crippen LogP contribution is 2.32. The monoisotopic (exact) mass is 292 g/mol. The predicted octanol–water partition coefficient (Wildman–Crippen LogP) is 2.47. The van der Waals surface area contributed by atoms with E-state index in [-0.39, 0.29) is 25.3 Å². The second kappa shape index (κ2) is 6.33. The van der Waals surface area contributed by atoms with Crippen molar-refractivity contribution in [2.45, 2.75) is 51.2 Å². The molecule has 2 N–H and O–H groups in total. The number of alkyl halides is 3. The Morgan fingerprint density at radius 2 is 2.00 bits per heavy atom. The SMILES string of the molecule is CC1CCCC1CNC(=O)C1CCC(C(F)(F)F)CN1. The summed E-state index contributed by atoms with van der Waals surface area (Å²) in [5.74, 6) is -0.319. The first-order chi connectivity index (χ1) is 9.38. The molecule has 0 radical (unpaired) electrons. The normalized spacial score (nSPS) is 35.0. The maximum absolute atomic E-state index is 12.5. The minimum atomic E-state index is -4.16. The number of amides is 1. The van der Waals surface area contributed by atoms with Crippen LogP contribution >= 0.6 is 0 Å². The summed E-state index contributed by atoms with van der Waals surface area (Å²) in [7, 11) is 0. The van der Waals surface area contributed by atoms with Crippen LogP contribution in [0.4, 0.5) is 13.2 Å². The third-order valence-electron chi connectivity index (χ3n) is 4.77. The van der Waals surface area contributed by atoms with Gasteiger partial charge in [-0.3, -0.25) is 4.79 Å². The van der Waals surface area contributed by atoms with Crippen LogP contribution in [0.1, 0.15) is 39.0 Å². The molecule has 0 aromatic rings. The molecule has 1 amide bonds. The second-order valence-corrected chi connectivity index (χ2v) is 6.19. The summed E-state index contributed by atoms with van der Waals surface area (Å²) >= 11 is 0. The Labute approximate surface area is 117 Å². The molecule has 4 atom stereocenters. The van der Waals surface area contributed by atoms with Gasteiger partial charge in [0.1, 0.15) is 0 Å². The van der Waals surface area contributed by atoms with Crippen molar-refractivity contribution in [3.8, 4) is 0 Å². The lowest BCUT2D eigenvalue weighted by Crippen LogP contribution is -2.52. The Hall–Kier alpha value is -0.780. The molecule has 1 saturated heterocycles. The molecule has 0 bridgehead atoms. The van der Waals surface area contributed by atoms with Crippen LogP contribution in [0, 0.1) is 17.8 Å². The molecule has 1 saturated carbocycles. The number of carbonyl (C=O) groups is 1. The molecule has 2 aliphatic rings. The highest BCUT2D eigenvalue weighted by molar-refractivity contribution is 5.81. The van der Waals surface area contributed by atoms with E-state index in [4.69, 9.17) is 0 Å². The zero-order valence-electron chi connectivity index (χ0n) is 11.8. The fraction of sp³-hybridized carbons (Fsp3) is 0.929. The van der Waals surface area contributed by atoms with Crippen LogP contribution in [-0.2, 0) is 4.79 Å². The Kier molecular flexibility index (Phi) is 4.94. The van der Waals surface area contributed by atoms with Gasteiger partial charge in [-0.2, -0.15) is 13.2 Å². The Bertz CT molecular complexity index is 338. The molecule has 4 unspecified atom stereocenters. The third-order valence-corrected chi connectivity index (χ3v) is 4.77. The zero-order valence-corrected chi connectivity index (χ0v) is 11.8. The van der Waals surface area contributed by atoms with Gasteiger partial charge in [-0.15, -0.1) is 0 Å². The van der Waals surface area contributed by atoms with E-state index >= 15 is 0 Å². The topological polar surface area (TPSA) is 41.1 Å². The van der Waals surface area contributed by atoms with Crippen LogP contribution in [0.5, 0.6) is 0 Å². The van der Waals surface area contributed by atoms with Crippen molar-refractivity contribution < 1.29 is 18.0 Å². The first-order valence-corrected chi connectivity index (χ1v) is 7.45. The van der Waals surface area contributed by atoms with Crippen molar-refractivity contribution in [1.29, 1.82) is 0 Å². The number of halogens is 3. The number of piperidine rings is 1. The van der Waals surface area contributed by atoms with Gasteiger partial charge in [-0.05, 0) is 31.1 Å². The lowest BCUT2D eigenvalue weighted by molar-refractivity contribution is -0.180. The lowest BCUT2D eigenvalue weighted by atomic mass is 9.93. The molecule has 6 heteroatoms. The van der Waals surface area contributed by atoms with E-state index in [2.05, 4.69) is 17.6 Å². The van der Waals surface area contributed by atoms with Gasteiger partial charge >= 0.3 is 6.18 Å². The maximum atomic E-state index is 12.5. The highest BCUT2D eigenvalue weighted by Gasteiger charge is 2.42. The summed E-state index contributed by atoms with van der Waals surface area (Å²) in [6.07, 6.45) is -0.319. The van der Waals surface area contributed by atoms with Gasteiger partial charge in [-0.1, -0.05) is 19.8 Å². The van der Waals surface area contributed by atoms with Crippen LogP contribution < -0.4 is 10.6 Å². The number of hydrogen-bond donors (Lipinski definition) is 2. The molecule has 2 rings (SSSR count). The van der Waals surface area contributed by atoms with Crippen molar-refractivity contribution >= 4 is 5.91 Å². The maximum Gasteiger partial charge on any atom is 0.393 e. The Balaban J connectivity index is 1.72. The van der Waals surface area contributed by atoms with Gasteiger partial charge in [0.15, 0.2) is 0 Å². The molecule has 116 valence electrons. The molecule has 20 heavy (non-hydrogen) atoms. The van der Waals surface area contributed by atoms with Gasteiger partial charge in [0.05, 0.1) is 12.0 Å². The fourth-order valence-corrected chi connectivity index (χ4v) is 3.24. The standard InChI is InChI=1S/C14H23F3N2O/c1-9-3-2-4-10(9)7-19-13(20)12-6-5-11(8-18-12)14(15,16)17/h9-12,18H,2-8H2,1H3,(H,19,20). The molecule has 1 heterocycles. The van der Waals surface area contributed by atoms with Gasteiger partial charge in [0.2, 0.25) is 5.91 Å². The van der Waals surface area contributed by atoms with Crippen LogP contribution in [0.25, 0.3) is 0 Å². The third kappa shape index (κ3) is 3.87. The van der Waals surface area contributed by atoms with Crippen LogP contribution in [0.15, 0.2) is 0 Å². The van der Waals surface area contributed by atoms with Crippen LogP contribution in [-0.4, -0.2) is 31.2 Å². The van der Waals surface area contributed by atoms with Gasteiger partial charge in [-0.25, -0.2) is 0 Å². The van der Waals surface area contributed by atoms with E-state index < -0.39 is 18.1 Å². The zero-order chi connectivity index (χ0) is 14.8. The first-order valence-electron chi connectivity index (χ1n) is 7.45. The largest absolute Gasteiger partial charge is 0.393 e. The number of hydrogen-bond acceptors (Lipinski definition) is 2. The van der Waals surface area contributed by atoms with E-state index in [0.29, 0.717) is 18.4 Å². The van der Waals surface area contributed by atoms with Crippen LogP contribution in [0.2, 0.25) is 0 Å². The predicted molar refractivity (Wildman–Crippen MR) is 70.1 cm³/mol. The minimum absolute atomic E-state index is 0.0361. The molecule has 0 spiro atoms. The molecule has 1 aliphatic carbocycles. The summed E-state index contributed by atoms with van der Waals surface area (Å²) in [5, 5.41) is 5.63. The average Bonchev–Trinajstić information content (AvgIpc) is 2.81. The average molecular weight is 292 g/mol. The first kappa shape index (κ1) is 15.6. The minimum Gasteiger partial charge on any atom is -0.354 e. The quantitative estimate of drug-likeness (QED) is 0.839. The van der Waals surface area contributed by atoms with Crippen molar-refractivity contribution in [2.24, 2.45) is 17.8 Å². The van der Waals surface area contributed by atoms with E-state index in [9.17, 15) is 18.0 Å². The molecular formula is C14H23F3N2O. The summed E-state index contributed by atoms with van der Waals surface area (Å²) < 4.78 is 37.6. The number of carbonyl (C=O) groups excluding carboxylic acids is 1. The van der Waals surface area contributed by atoms with Crippen LogP contribution in [0.3, 0.4) is 0 Å². The summed E-state index contributed by atoms with van der Waals surface area (Å²) in [4.78, 5) is 12.0. The lowest BCUT2D eigenvalue weighted by Gasteiger charge is -2.30. The molecule has 0 aromatic heterocycles. The van der Waals surface area contributed by atoms with Gasteiger partial charge in [0.25, 0.3) is 0 Å². The number of nitrogens with one attached hydrogen (secondary N) is 2.